The van der Waals surface area contributed by atoms with Crippen LogP contribution in [0, 0.1) is 12.3 Å². The lowest BCUT2D eigenvalue weighted by Gasteiger charge is -2.24. The summed E-state index contributed by atoms with van der Waals surface area (Å²) >= 11 is 6.23. The van der Waals surface area contributed by atoms with Crippen LogP contribution in [-0.2, 0) is 17.7 Å². The van der Waals surface area contributed by atoms with Crippen LogP contribution in [0.4, 0.5) is 11.8 Å². The van der Waals surface area contributed by atoms with Crippen molar-refractivity contribution < 1.29 is 4.74 Å². The summed E-state index contributed by atoms with van der Waals surface area (Å²) < 4.78 is 5.40. The van der Waals surface area contributed by atoms with Crippen molar-refractivity contribution in [1.82, 2.24) is 9.97 Å². The van der Waals surface area contributed by atoms with Crippen LogP contribution in [0.1, 0.15) is 29.5 Å². The number of nitrogens with zero attached hydrogens (tertiary/aromatic N) is 3. The van der Waals surface area contributed by atoms with Crippen LogP contribution in [-0.4, -0.2) is 35.6 Å². The van der Waals surface area contributed by atoms with Crippen LogP contribution in [0.5, 0.6) is 0 Å². The molecule has 1 aliphatic rings. The highest BCUT2D eigenvalue weighted by Gasteiger charge is 2.16. The van der Waals surface area contributed by atoms with E-state index in [2.05, 4.69) is 15.3 Å². The summed E-state index contributed by atoms with van der Waals surface area (Å²) in [4.78, 5) is 10.7. The summed E-state index contributed by atoms with van der Waals surface area (Å²) in [5, 5.41) is 11.9. The van der Waals surface area contributed by atoms with E-state index in [1.165, 1.54) is 6.34 Å². The maximum atomic E-state index is 7.82. The van der Waals surface area contributed by atoms with Crippen molar-refractivity contribution >= 4 is 29.7 Å². The van der Waals surface area contributed by atoms with Gasteiger partial charge in [-0.1, -0.05) is 29.8 Å². The van der Waals surface area contributed by atoms with E-state index in [9.17, 15) is 0 Å². The van der Waals surface area contributed by atoms with E-state index in [-0.39, 0.29) is 0 Å². The second-order valence-corrected chi connectivity index (χ2v) is 7.35. The Morgan fingerprint density at radius 2 is 2.17 bits per heavy atom. The molecule has 154 valence electrons. The quantitative estimate of drug-likeness (QED) is 0.450. The second kappa shape index (κ2) is 10.3. The SMILES string of the molecule is Cc1cnc(NC2CCOCC2)nc1N(C=N)/C=C/Cc1cccc(Cl)c1CN. The summed E-state index contributed by atoms with van der Waals surface area (Å²) in [6.07, 6.45) is 9.36. The molecule has 2 aromatic rings. The van der Waals surface area contributed by atoms with Crippen molar-refractivity contribution in [3.63, 3.8) is 0 Å². The minimum atomic E-state index is 0.306. The molecule has 0 radical (unpaired) electrons. The number of allylic oxidation sites excluding steroid dienone is 1. The minimum absolute atomic E-state index is 0.306. The fourth-order valence-electron chi connectivity index (χ4n) is 3.28. The maximum absolute atomic E-state index is 7.82. The van der Waals surface area contributed by atoms with E-state index < -0.39 is 0 Å². The first-order valence-electron chi connectivity index (χ1n) is 9.72. The highest BCUT2D eigenvalue weighted by atomic mass is 35.5. The lowest BCUT2D eigenvalue weighted by atomic mass is 10.0. The first kappa shape index (κ1) is 21.2. The third-order valence-electron chi connectivity index (χ3n) is 4.91. The number of ether oxygens (including phenoxy) is 1. The van der Waals surface area contributed by atoms with Crippen molar-refractivity contribution in [2.75, 3.05) is 23.4 Å². The molecule has 1 aromatic heterocycles. The Kier molecular flexibility index (Phi) is 7.57. The van der Waals surface area contributed by atoms with E-state index in [1.807, 2.05) is 37.4 Å². The van der Waals surface area contributed by atoms with Crippen LogP contribution < -0.4 is 16.0 Å². The normalized spacial score (nSPS) is 14.9. The topological polar surface area (TPSA) is 100 Å². The molecule has 2 heterocycles. The summed E-state index contributed by atoms with van der Waals surface area (Å²) in [6.45, 7) is 3.82. The van der Waals surface area contributed by atoms with Gasteiger partial charge in [0.1, 0.15) is 5.82 Å². The molecule has 0 unspecified atom stereocenters. The zero-order chi connectivity index (χ0) is 20.6. The molecular formula is C21H27ClN6O. The van der Waals surface area contributed by atoms with Crippen molar-refractivity contribution in [3.05, 3.63) is 58.4 Å². The van der Waals surface area contributed by atoms with E-state index in [4.69, 9.17) is 27.5 Å². The molecule has 0 aliphatic carbocycles. The molecule has 0 atom stereocenters. The van der Waals surface area contributed by atoms with Gasteiger partial charge in [0.05, 0.1) is 6.34 Å². The van der Waals surface area contributed by atoms with Crippen LogP contribution in [0.3, 0.4) is 0 Å². The Morgan fingerprint density at radius 3 is 2.90 bits per heavy atom. The Hall–Kier alpha value is -2.48. The molecule has 0 amide bonds. The lowest BCUT2D eigenvalue weighted by molar-refractivity contribution is 0.0903. The molecule has 1 aliphatic heterocycles. The van der Waals surface area contributed by atoms with Gasteiger partial charge in [-0.2, -0.15) is 4.98 Å². The van der Waals surface area contributed by atoms with Gasteiger partial charge in [-0.15, -0.1) is 0 Å². The predicted molar refractivity (Wildman–Crippen MR) is 118 cm³/mol. The molecule has 4 N–H and O–H groups in total. The van der Waals surface area contributed by atoms with Crippen molar-refractivity contribution in [3.8, 4) is 0 Å². The Balaban J connectivity index is 1.73. The Bertz CT molecular complexity index is 866. The van der Waals surface area contributed by atoms with Gasteiger partial charge >= 0.3 is 0 Å². The molecule has 0 saturated carbocycles. The average Bonchev–Trinajstić information content (AvgIpc) is 2.74. The van der Waals surface area contributed by atoms with Gasteiger partial charge in [-0.25, -0.2) is 4.98 Å². The summed E-state index contributed by atoms with van der Waals surface area (Å²) in [5.74, 6) is 1.24. The van der Waals surface area contributed by atoms with Crippen LogP contribution >= 0.6 is 11.6 Å². The Labute approximate surface area is 176 Å². The largest absolute Gasteiger partial charge is 0.381 e. The number of nitrogens with two attached hydrogens (primary N) is 1. The minimum Gasteiger partial charge on any atom is -0.381 e. The number of benzene rings is 1. The molecule has 1 fully saturated rings. The molecule has 7 nitrogen and oxygen atoms in total. The number of aromatic nitrogens is 2. The fourth-order valence-corrected chi connectivity index (χ4v) is 3.55. The Morgan fingerprint density at radius 1 is 1.38 bits per heavy atom. The zero-order valence-electron chi connectivity index (χ0n) is 16.6. The van der Waals surface area contributed by atoms with Gasteiger partial charge in [-0.3, -0.25) is 10.3 Å². The molecule has 0 bridgehead atoms. The zero-order valence-corrected chi connectivity index (χ0v) is 17.3. The average molecular weight is 415 g/mol. The van der Waals surface area contributed by atoms with Crippen molar-refractivity contribution in [2.24, 2.45) is 5.73 Å². The highest BCUT2D eigenvalue weighted by Crippen LogP contribution is 2.22. The molecule has 8 heteroatoms. The standard InChI is InChI=1S/C21H27ClN6O/c1-15-13-25-21(26-17-7-10-29-11-8-17)27-20(15)28(14-24)9-3-5-16-4-2-6-19(22)18(16)12-23/h2-4,6,9,13-14,17,24H,5,7-8,10-12,23H2,1H3,(H,25,26,27)/b9-3+,24-14?. The summed E-state index contributed by atoms with van der Waals surface area (Å²) in [5.41, 5.74) is 8.73. The molecule has 3 rings (SSSR count). The maximum Gasteiger partial charge on any atom is 0.224 e. The number of anilines is 2. The second-order valence-electron chi connectivity index (χ2n) is 6.94. The van der Waals surface area contributed by atoms with Gasteiger partial charge in [0.2, 0.25) is 5.95 Å². The number of rotatable bonds is 8. The lowest BCUT2D eigenvalue weighted by Crippen LogP contribution is -2.29. The number of hydrogen-bond donors (Lipinski definition) is 3. The summed E-state index contributed by atoms with van der Waals surface area (Å²) in [6, 6.07) is 6.08. The van der Waals surface area contributed by atoms with Crippen LogP contribution in [0.2, 0.25) is 5.02 Å². The van der Waals surface area contributed by atoms with Crippen molar-refractivity contribution in [1.29, 1.82) is 5.41 Å². The molecular weight excluding hydrogens is 388 g/mol. The molecule has 29 heavy (non-hydrogen) atoms. The van der Waals surface area contributed by atoms with Gasteiger partial charge in [0.25, 0.3) is 0 Å². The first-order valence-corrected chi connectivity index (χ1v) is 10.1. The molecule has 0 spiro atoms. The first-order chi connectivity index (χ1) is 14.1. The van der Waals surface area contributed by atoms with Gasteiger partial charge in [-0.05, 0) is 43.4 Å². The highest BCUT2D eigenvalue weighted by molar-refractivity contribution is 6.31. The van der Waals surface area contributed by atoms with Gasteiger partial charge in [0.15, 0.2) is 0 Å². The predicted octanol–water partition coefficient (Wildman–Crippen LogP) is 3.66. The van der Waals surface area contributed by atoms with Crippen LogP contribution in [0.15, 0.2) is 36.7 Å². The van der Waals surface area contributed by atoms with E-state index in [0.29, 0.717) is 35.8 Å². The van der Waals surface area contributed by atoms with E-state index in [0.717, 1.165) is 42.7 Å². The molecule has 1 saturated heterocycles. The van der Waals surface area contributed by atoms with E-state index in [1.54, 1.807) is 11.1 Å². The van der Waals surface area contributed by atoms with Crippen LogP contribution in [0.25, 0.3) is 0 Å². The third-order valence-corrected chi connectivity index (χ3v) is 5.26. The number of hydrogen-bond acceptors (Lipinski definition) is 6. The number of nitrogens with one attached hydrogen (secondary N) is 2. The number of aryl methyl sites for hydroxylation is 1. The molecule has 1 aromatic carbocycles. The summed E-state index contributed by atoms with van der Waals surface area (Å²) in [7, 11) is 0. The van der Waals surface area contributed by atoms with E-state index >= 15 is 0 Å². The third kappa shape index (κ3) is 5.53. The number of halogens is 1. The van der Waals surface area contributed by atoms with Crippen molar-refractivity contribution in [2.45, 2.75) is 38.8 Å². The fraction of sp³-hybridized carbons (Fsp3) is 0.381. The van der Waals surface area contributed by atoms with Gasteiger partial charge in [0, 0.05) is 48.8 Å². The monoisotopic (exact) mass is 414 g/mol. The van der Waals surface area contributed by atoms with Gasteiger partial charge < -0.3 is 15.8 Å². The smallest absolute Gasteiger partial charge is 0.224 e.